The van der Waals surface area contributed by atoms with Crippen LogP contribution in [0.2, 0.25) is 0 Å². The molecule has 10 N–H and O–H groups in total. The van der Waals surface area contributed by atoms with Crippen LogP contribution >= 0.6 is 0 Å². The summed E-state index contributed by atoms with van der Waals surface area (Å²) in [6, 6.07) is 1.46. The van der Waals surface area contributed by atoms with Gasteiger partial charge in [-0.1, -0.05) is 6.07 Å². The molecule has 1 aromatic rings. The van der Waals surface area contributed by atoms with Crippen LogP contribution in [0, 0.1) is 5.41 Å². The van der Waals surface area contributed by atoms with Gasteiger partial charge in [-0.2, -0.15) is 0 Å². The SMILES string of the molecule is COCCC(=O)NCCCCC(NC(=O)C(CN)N1C(=O)C=CC1=O)C(=O)NCCC(=O)Nc1cc(COC(=O)C(C)(C)C)ccc1O[C@@H]1O[C@H](C(=O)O)[C@@H](O)[C@H](O)[C@H]1O. The van der Waals surface area contributed by atoms with E-state index in [0.717, 1.165) is 12.2 Å². The summed E-state index contributed by atoms with van der Waals surface area (Å²) in [6.45, 7) is 4.50. The van der Waals surface area contributed by atoms with Crippen molar-refractivity contribution in [2.75, 3.05) is 38.7 Å². The quantitative estimate of drug-likeness (QED) is 0.0332. The van der Waals surface area contributed by atoms with E-state index in [2.05, 4.69) is 21.3 Å². The maximum absolute atomic E-state index is 13.4. The van der Waals surface area contributed by atoms with Crippen LogP contribution in [-0.2, 0) is 59.2 Å². The van der Waals surface area contributed by atoms with Crippen molar-refractivity contribution in [3.63, 3.8) is 0 Å². The Balaban J connectivity index is 1.73. The maximum atomic E-state index is 13.4. The largest absolute Gasteiger partial charge is 0.479 e. The Morgan fingerprint density at radius 3 is 2.20 bits per heavy atom. The molecule has 0 spiro atoms. The molecule has 1 fully saturated rings. The average Bonchev–Trinajstić information content (AvgIpc) is 3.52. The Morgan fingerprint density at radius 1 is 0.900 bits per heavy atom. The fourth-order valence-electron chi connectivity index (χ4n) is 5.71. The topological polar surface area (TPSA) is 332 Å². The number of rotatable bonds is 22. The lowest BCUT2D eigenvalue weighted by atomic mass is 9.97. The summed E-state index contributed by atoms with van der Waals surface area (Å²) in [6.07, 6.45) is -7.17. The van der Waals surface area contributed by atoms with Gasteiger partial charge in [0.05, 0.1) is 17.7 Å². The van der Waals surface area contributed by atoms with Gasteiger partial charge in [0, 0.05) is 51.7 Å². The number of imide groups is 1. The molecule has 1 saturated heterocycles. The van der Waals surface area contributed by atoms with Gasteiger partial charge in [0.15, 0.2) is 6.10 Å². The third-order valence-corrected chi connectivity index (χ3v) is 9.10. The van der Waals surface area contributed by atoms with Gasteiger partial charge < -0.3 is 66.4 Å². The minimum absolute atomic E-state index is 0.0476. The van der Waals surface area contributed by atoms with Crippen molar-refractivity contribution in [2.45, 2.75) is 102 Å². The molecule has 332 valence electrons. The molecular weight excluding hydrogens is 796 g/mol. The zero-order valence-electron chi connectivity index (χ0n) is 33.7. The van der Waals surface area contributed by atoms with Gasteiger partial charge in [0.1, 0.15) is 42.8 Å². The number of unbranched alkanes of at least 4 members (excludes halogenated alkanes) is 1. The number of nitrogens with one attached hydrogen (secondary N) is 4. The van der Waals surface area contributed by atoms with Crippen molar-refractivity contribution in [3.05, 3.63) is 35.9 Å². The number of esters is 1. The number of aliphatic hydroxyl groups excluding tert-OH is 3. The Hall–Kier alpha value is -5.52. The van der Waals surface area contributed by atoms with Crippen LogP contribution in [0.25, 0.3) is 0 Å². The molecule has 0 radical (unpaired) electrons. The number of aliphatic hydroxyl groups is 3. The fourth-order valence-corrected chi connectivity index (χ4v) is 5.71. The van der Waals surface area contributed by atoms with Crippen LogP contribution in [0.5, 0.6) is 5.75 Å². The normalized spacial score (nSPS) is 21.1. The molecule has 2 unspecified atom stereocenters. The van der Waals surface area contributed by atoms with Crippen molar-refractivity contribution in [1.29, 1.82) is 0 Å². The van der Waals surface area contributed by atoms with Crippen molar-refractivity contribution in [1.82, 2.24) is 20.9 Å². The van der Waals surface area contributed by atoms with E-state index < -0.39 is 96.2 Å². The van der Waals surface area contributed by atoms with E-state index in [4.69, 9.17) is 24.7 Å². The predicted octanol–water partition coefficient (Wildman–Crippen LogP) is -2.45. The number of aliphatic carboxylic acids is 1. The smallest absolute Gasteiger partial charge is 0.335 e. The van der Waals surface area contributed by atoms with E-state index in [0.29, 0.717) is 23.3 Å². The van der Waals surface area contributed by atoms with E-state index in [9.17, 15) is 58.8 Å². The highest BCUT2D eigenvalue weighted by atomic mass is 16.7. The summed E-state index contributed by atoms with van der Waals surface area (Å²) in [7, 11) is 1.46. The number of carbonyl (C=O) groups excluding carboxylic acids is 7. The molecule has 0 aromatic heterocycles. The summed E-state index contributed by atoms with van der Waals surface area (Å²) in [5.74, 6) is -6.42. The molecular formula is C38H54N6O16. The zero-order chi connectivity index (χ0) is 44.7. The number of nitrogens with zero attached hydrogens (tertiary/aromatic N) is 1. The maximum Gasteiger partial charge on any atom is 0.335 e. The summed E-state index contributed by atoms with van der Waals surface area (Å²) in [5, 5.41) is 50.7. The molecule has 0 aliphatic carbocycles. The van der Waals surface area contributed by atoms with Crippen LogP contribution in [0.4, 0.5) is 5.69 Å². The van der Waals surface area contributed by atoms with E-state index in [1.165, 1.54) is 25.3 Å². The number of hydrogen-bond donors (Lipinski definition) is 9. The Labute approximate surface area is 345 Å². The minimum Gasteiger partial charge on any atom is -0.479 e. The molecule has 2 aliphatic heterocycles. The molecule has 2 aliphatic rings. The van der Waals surface area contributed by atoms with Crippen molar-refractivity contribution in [3.8, 4) is 5.75 Å². The number of methoxy groups -OCH3 is 1. The molecule has 2 heterocycles. The Morgan fingerprint density at radius 2 is 1.58 bits per heavy atom. The lowest BCUT2D eigenvalue weighted by Gasteiger charge is -2.38. The number of hydrogen-bond acceptors (Lipinski definition) is 16. The molecule has 3 rings (SSSR count). The number of ether oxygens (including phenoxy) is 4. The van der Waals surface area contributed by atoms with Crippen LogP contribution < -0.4 is 31.7 Å². The van der Waals surface area contributed by atoms with Gasteiger partial charge in [-0.05, 0) is 57.7 Å². The Bertz CT molecular complexity index is 1750. The third-order valence-electron chi connectivity index (χ3n) is 9.10. The first kappa shape index (κ1) is 48.8. The van der Waals surface area contributed by atoms with Crippen LogP contribution in [0.3, 0.4) is 0 Å². The highest BCUT2D eigenvalue weighted by Crippen LogP contribution is 2.31. The number of anilines is 1. The fraction of sp³-hybridized carbons (Fsp3) is 0.579. The van der Waals surface area contributed by atoms with E-state index >= 15 is 0 Å². The van der Waals surface area contributed by atoms with Gasteiger partial charge in [0.25, 0.3) is 11.8 Å². The number of nitrogens with two attached hydrogens (primary N) is 1. The van der Waals surface area contributed by atoms with Gasteiger partial charge in [-0.25, -0.2) is 4.79 Å². The van der Waals surface area contributed by atoms with Crippen LogP contribution in [-0.4, -0.2) is 149 Å². The lowest BCUT2D eigenvalue weighted by molar-refractivity contribution is -0.271. The second-order valence-corrected chi connectivity index (χ2v) is 14.9. The summed E-state index contributed by atoms with van der Waals surface area (Å²) in [4.78, 5) is 101. The van der Waals surface area contributed by atoms with E-state index in [1.54, 1.807) is 20.8 Å². The molecule has 7 atom stereocenters. The first-order valence-corrected chi connectivity index (χ1v) is 19.1. The molecule has 1 aromatic carbocycles. The second-order valence-electron chi connectivity index (χ2n) is 14.9. The average molecular weight is 851 g/mol. The summed E-state index contributed by atoms with van der Waals surface area (Å²) in [5.41, 5.74) is 5.20. The monoisotopic (exact) mass is 850 g/mol. The molecule has 6 amide bonds. The van der Waals surface area contributed by atoms with Gasteiger partial charge in [-0.3, -0.25) is 38.5 Å². The minimum atomic E-state index is -1.99. The number of amides is 6. The molecule has 22 heteroatoms. The highest BCUT2D eigenvalue weighted by Gasteiger charge is 2.48. The predicted molar refractivity (Wildman–Crippen MR) is 206 cm³/mol. The van der Waals surface area contributed by atoms with E-state index in [-0.39, 0.29) is 62.9 Å². The third kappa shape index (κ3) is 14.1. The van der Waals surface area contributed by atoms with Crippen LogP contribution in [0.1, 0.15) is 58.4 Å². The second kappa shape index (κ2) is 22.7. The summed E-state index contributed by atoms with van der Waals surface area (Å²) >= 11 is 0. The van der Waals surface area contributed by atoms with Crippen molar-refractivity contribution >= 4 is 53.1 Å². The van der Waals surface area contributed by atoms with Gasteiger partial charge in [0.2, 0.25) is 29.9 Å². The van der Waals surface area contributed by atoms with E-state index in [1.807, 2.05) is 0 Å². The molecule has 0 saturated carbocycles. The molecule has 0 bridgehead atoms. The zero-order valence-corrected chi connectivity index (χ0v) is 33.7. The molecule has 60 heavy (non-hydrogen) atoms. The number of carboxylic acids is 1. The molecule has 22 nitrogen and oxygen atoms in total. The van der Waals surface area contributed by atoms with Crippen molar-refractivity contribution < 1.29 is 77.7 Å². The number of benzene rings is 1. The Kier molecular flexibility index (Phi) is 18.5. The first-order valence-electron chi connectivity index (χ1n) is 19.1. The number of carbonyl (C=O) groups is 8. The van der Waals surface area contributed by atoms with Crippen molar-refractivity contribution in [2.24, 2.45) is 11.1 Å². The van der Waals surface area contributed by atoms with Crippen LogP contribution in [0.15, 0.2) is 30.4 Å². The van der Waals surface area contributed by atoms with Gasteiger partial charge in [-0.15, -0.1) is 0 Å². The number of carboxylic acid groups (broad SMARTS) is 1. The standard InChI is InChI=1S/C38H54N6O16/c1-38(2,3)37(56)58-19-20-8-9-24(59-36-31(51)29(49)30(50)32(60-36)35(54)55)22(17-20)42-26(46)12-15-41-33(52)21(7-5-6-14-40-25(45)13-16-57-4)43-34(53)23(18-39)44-27(47)10-11-28(44)48/h8-11,17,21,23,29-32,36,49-51H,5-7,12-16,18-19,39H2,1-4H3,(H,40,45)(H,41,52)(H,42,46)(H,43,53)(H,54,55)/t21?,23?,29-,30-,31+,32-,36+/m0/s1. The highest BCUT2D eigenvalue weighted by molar-refractivity contribution is 6.15. The van der Waals surface area contributed by atoms with Gasteiger partial charge >= 0.3 is 11.9 Å². The summed E-state index contributed by atoms with van der Waals surface area (Å²) < 4.78 is 21.1. The first-order chi connectivity index (χ1) is 28.3. The lowest BCUT2D eigenvalue weighted by Crippen LogP contribution is -2.61.